The zero-order valence-corrected chi connectivity index (χ0v) is 14.0. The first-order valence-electron chi connectivity index (χ1n) is 8.60. The van der Waals surface area contributed by atoms with Gasteiger partial charge < -0.3 is 18.8 Å². The van der Waals surface area contributed by atoms with Crippen molar-refractivity contribution in [1.82, 2.24) is 4.90 Å². The van der Waals surface area contributed by atoms with Gasteiger partial charge in [-0.3, -0.25) is 4.79 Å². The van der Waals surface area contributed by atoms with Gasteiger partial charge in [0.25, 0.3) is 5.91 Å². The molecule has 1 aromatic carbocycles. The van der Waals surface area contributed by atoms with Crippen LogP contribution in [0, 0.1) is 5.92 Å². The van der Waals surface area contributed by atoms with Crippen molar-refractivity contribution in [2.45, 2.75) is 24.9 Å². The lowest BCUT2D eigenvalue weighted by atomic mass is 9.79. The lowest BCUT2D eigenvalue weighted by Crippen LogP contribution is -2.66. The van der Waals surface area contributed by atoms with E-state index in [0.717, 1.165) is 43.4 Å². The maximum Gasteiger partial charge on any atom is 0.289 e. The second kappa shape index (κ2) is 6.22. The summed E-state index contributed by atoms with van der Waals surface area (Å²) in [5.41, 5.74) is 0.600. The quantitative estimate of drug-likeness (QED) is 0.865. The van der Waals surface area contributed by atoms with Crippen molar-refractivity contribution in [2.24, 2.45) is 5.92 Å². The van der Waals surface area contributed by atoms with E-state index in [1.165, 1.54) is 0 Å². The second-order valence-corrected chi connectivity index (χ2v) is 6.98. The van der Waals surface area contributed by atoms with E-state index in [0.29, 0.717) is 24.8 Å². The van der Waals surface area contributed by atoms with Crippen LogP contribution in [0.15, 0.2) is 34.7 Å². The van der Waals surface area contributed by atoms with Gasteiger partial charge in [0, 0.05) is 25.7 Å². The Morgan fingerprint density at radius 2 is 2.21 bits per heavy atom. The van der Waals surface area contributed by atoms with E-state index in [9.17, 15) is 4.79 Å². The summed E-state index contributed by atoms with van der Waals surface area (Å²) in [6.07, 6.45) is 3.17. The van der Waals surface area contributed by atoms with E-state index in [1.807, 2.05) is 35.2 Å². The number of likely N-dealkylation sites (tertiary alicyclic amines) is 1. The standard InChI is InChI=1S/C19H23NO4/c1-22-8-6-14-7-9-23-19(11-14)12-20(13-19)18(21)17-10-15-4-2-3-5-16(15)24-17/h2-5,10,14H,6-9,11-13H2,1H3/t14-/m0/s1. The van der Waals surface area contributed by atoms with Gasteiger partial charge in [-0.15, -0.1) is 0 Å². The number of fused-ring (bicyclic) bond motifs is 1. The number of hydrogen-bond acceptors (Lipinski definition) is 4. The molecular weight excluding hydrogens is 306 g/mol. The van der Waals surface area contributed by atoms with E-state index < -0.39 is 0 Å². The summed E-state index contributed by atoms with van der Waals surface area (Å²) in [5.74, 6) is 0.999. The highest BCUT2D eigenvalue weighted by Crippen LogP contribution is 2.39. The topological polar surface area (TPSA) is 51.9 Å². The predicted octanol–water partition coefficient (Wildman–Crippen LogP) is 3.09. The third-order valence-corrected chi connectivity index (χ3v) is 5.21. The Kier molecular flexibility index (Phi) is 4.06. The largest absolute Gasteiger partial charge is 0.451 e. The minimum atomic E-state index is -0.154. The minimum Gasteiger partial charge on any atom is -0.451 e. The van der Waals surface area contributed by atoms with Crippen LogP contribution in [0.4, 0.5) is 0 Å². The average Bonchev–Trinajstić information content (AvgIpc) is 3.01. The molecule has 1 spiro atoms. The molecule has 0 bridgehead atoms. The molecule has 24 heavy (non-hydrogen) atoms. The van der Waals surface area contributed by atoms with Crippen LogP contribution in [0.5, 0.6) is 0 Å². The highest BCUT2D eigenvalue weighted by Gasteiger charge is 2.49. The summed E-state index contributed by atoms with van der Waals surface area (Å²) in [6, 6.07) is 9.52. The Morgan fingerprint density at radius 1 is 1.38 bits per heavy atom. The molecule has 2 fully saturated rings. The highest BCUT2D eigenvalue weighted by molar-refractivity contribution is 5.96. The molecule has 2 aromatic rings. The van der Waals surface area contributed by atoms with Crippen LogP contribution in [-0.2, 0) is 9.47 Å². The number of carbonyl (C=O) groups is 1. The number of methoxy groups -OCH3 is 1. The summed E-state index contributed by atoms with van der Waals surface area (Å²) in [4.78, 5) is 14.5. The molecular formula is C19H23NO4. The number of hydrogen-bond donors (Lipinski definition) is 0. The molecule has 2 aliphatic heterocycles. The molecule has 0 unspecified atom stereocenters. The van der Waals surface area contributed by atoms with Gasteiger partial charge in [-0.05, 0) is 37.3 Å². The summed E-state index contributed by atoms with van der Waals surface area (Å²) in [7, 11) is 1.74. The molecule has 0 aliphatic carbocycles. The van der Waals surface area contributed by atoms with Crippen LogP contribution in [0.1, 0.15) is 29.8 Å². The van der Waals surface area contributed by atoms with Crippen LogP contribution in [0.3, 0.4) is 0 Å². The third-order valence-electron chi connectivity index (χ3n) is 5.21. The average molecular weight is 329 g/mol. The molecule has 5 heteroatoms. The molecule has 0 N–H and O–H groups in total. The van der Waals surface area contributed by atoms with Crippen molar-refractivity contribution in [3.8, 4) is 0 Å². The number of carbonyl (C=O) groups excluding carboxylic acids is 1. The second-order valence-electron chi connectivity index (χ2n) is 6.98. The van der Waals surface area contributed by atoms with Gasteiger partial charge in [0.2, 0.25) is 0 Å². The lowest BCUT2D eigenvalue weighted by molar-refractivity contribution is -0.167. The Bertz CT molecular complexity index is 699. The molecule has 4 rings (SSSR count). The molecule has 2 aliphatic rings. The van der Waals surface area contributed by atoms with Gasteiger partial charge in [-0.2, -0.15) is 0 Å². The Labute approximate surface area is 141 Å². The monoisotopic (exact) mass is 329 g/mol. The fraction of sp³-hybridized carbons (Fsp3) is 0.526. The molecule has 1 aromatic heterocycles. The van der Waals surface area contributed by atoms with Gasteiger partial charge in [0.15, 0.2) is 5.76 Å². The van der Waals surface area contributed by atoms with Crippen molar-refractivity contribution in [3.63, 3.8) is 0 Å². The Hall–Kier alpha value is -1.85. The zero-order valence-electron chi connectivity index (χ0n) is 14.0. The van der Waals surface area contributed by atoms with Crippen LogP contribution >= 0.6 is 0 Å². The number of para-hydroxylation sites is 1. The van der Waals surface area contributed by atoms with Crippen LogP contribution in [0.25, 0.3) is 11.0 Å². The molecule has 0 radical (unpaired) electrons. The summed E-state index contributed by atoms with van der Waals surface area (Å²) in [6.45, 7) is 2.89. The van der Waals surface area contributed by atoms with Gasteiger partial charge >= 0.3 is 0 Å². The predicted molar refractivity (Wildman–Crippen MR) is 90.0 cm³/mol. The summed E-state index contributed by atoms with van der Waals surface area (Å²) >= 11 is 0. The molecule has 1 atom stereocenters. The first-order chi connectivity index (χ1) is 11.7. The number of benzene rings is 1. The van der Waals surface area contributed by atoms with Crippen LogP contribution in [-0.4, -0.2) is 49.8 Å². The number of ether oxygens (including phenoxy) is 2. The van der Waals surface area contributed by atoms with E-state index in [4.69, 9.17) is 13.9 Å². The lowest BCUT2D eigenvalue weighted by Gasteiger charge is -2.53. The molecule has 3 heterocycles. The van der Waals surface area contributed by atoms with Crippen LogP contribution < -0.4 is 0 Å². The first kappa shape index (κ1) is 15.7. The van der Waals surface area contributed by atoms with E-state index in [-0.39, 0.29) is 11.5 Å². The number of furan rings is 1. The maximum atomic E-state index is 12.6. The number of amides is 1. The van der Waals surface area contributed by atoms with E-state index in [2.05, 4.69) is 0 Å². The fourth-order valence-electron chi connectivity index (χ4n) is 3.92. The van der Waals surface area contributed by atoms with E-state index >= 15 is 0 Å². The highest BCUT2D eigenvalue weighted by atomic mass is 16.5. The van der Waals surface area contributed by atoms with Crippen molar-refractivity contribution in [1.29, 1.82) is 0 Å². The normalized spacial score (nSPS) is 22.7. The van der Waals surface area contributed by atoms with Gasteiger partial charge in [-0.25, -0.2) is 0 Å². The third kappa shape index (κ3) is 2.82. The zero-order chi connectivity index (χ0) is 16.6. The van der Waals surface area contributed by atoms with E-state index in [1.54, 1.807) is 7.11 Å². The van der Waals surface area contributed by atoms with Gasteiger partial charge in [0.1, 0.15) is 11.2 Å². The maximum absolute atomic E-state index is 12.6. The smallest absolute Gasteiger partial charge is 0.289 e. The van der Waals surface area contributed by atoms with Crippen molar-refractivity contribution < 1.29 is 18.7 Å². The Morgan fingerprint density at radius 3 is 3.00 bits per heavy atom. The molecule has 1 amide bonds. The SMILES string of the molecule is COCC[C@H]1CCOC2(C1)CN(C(=O)c1cc3ccccc3o1)C2. The minimum absolute atomic E-state index is 0.0422. The fourth-order valence-corrected chi connectivity index (χ4v) is 3.92. The van der Waals surface area contributed by atoms with Crippen molar-refractivity contribution in [2.75, 3.05) is 33.4 Å². The van der Waals surface area contributed by atoms with Gasteiger partial charge in [-0.1, -0.05) is 18.2 Å². The van der Waals surface area contributed by atoms with Gasteiger partial charge in [0.05, 0.1) is 13.1 Å². The molecule has 5 nitrogen and oxygen atoms in total. The molecule has 0 saturated carbocycles. The first-order valence-corrected chi connectivity index (χ1v) is 8.60. The summed E-state index contributed by atoms with van der Waals surface area (Å²) in [5, 5.41) is 0.963. The van der Waals surface area contributed by atoms with Crippen molar-refractivity contribution in [3.05, 3.63) is 36.1 Å². The summed E-state index contributed by atoms with van der Waals surface area (Å²) < 4.78 is 16.9. The number of rotatable bonds is 4. The molecule has 2 saturated heterocycles. The molecule has 128 valence electrons. The van der Waals surface area contributed by atoms with Crippen molar-refractivity contribution >= 4 is 16.9 Å². The Balaban J connectivity index is 1.40. The number of nitrogens with zero attached hydrogens (tertiary/aromatic N) is 1. The van der Waals surface area contributed by atoms with Crippen LogP contribution in [0.2, 0.25) is 0 Å².